The molecule has 0 saturated heterocycles. The van der Waals surface area contributed by atoms with Crippen molar-refractivity contribution in [2.75, 3.05) is 0 Å². The van der Waals surface area contributed by atoms with Gasteiger partial charge in [0.1, 0.15) is 0 Å². The summed E-state index contributed by atoms with van der Waals surface area (Å²) in [5.74, 6) is -2.41. The van der Waals surface area contributed by atoms with Crippen LogP contribution in [0.5, 0.6) is 0 Å². The van der Waals surface area contributed by atoms with Crippen molar-refractivity contribution in [3.05, 3.63) is 35.7 Å². The quantitative estimate of drug-likeness (QED) is 0.808. The van der Waals surface area contributed by atoms with Crippen molar-refractivity contribution in [3.63, 3.8) is 0 Å². The summed E-state index contributed by atoms with van der Waals surface area (Å²) in [6.07, 6.45) is 4.35. The van der Waals surface area contributed by atoms with Gasteiger partial charge in [-0.1, -0.05) is 36.7 Å². The number of nitrogens with zero attached hydrogens (tertiary/aromatic N) is 4. The zero-order chi connectivity index (χ0) is 16.9. The van der Waals surface area contributed by atoms with Gasteiger partial charge in [0.25, 0.3) is 11.7 Å². The zero-order valence-electron chi connectivity index (χ0n) is 12.9. The lowest BCUT2D eigenvalue weighted by Gasteiger charge is -2.12. The highest BCUT2D eigenvalue weighted by Gasteiger charge is 2.22. The number of hydrogen-bond acceptors (Lipinski definition) is 5. The van der Waals surface area contributed by atoms with Crippen LogP contribution in [0.3, 0.4) is 0 Å². The molecule has 1 aromatic carbocycles. The first kappa shape index (κ1) is 16.8. The molecule has 128 valence electrons. The van der Waals surface area contributed by atoms with Crippen LogP contribution in [0.15, 0.2) is 29.2 Å². The molecular weight excluding hydrogens is 336 g/mol. The third kappa shape index (κ3) is 3.89. The van der Waals surface area contributed by atoms with E-state index in [0.717, 1.165) is 25.7 Å². The van der Waals surface area contributed by atoms with Gasteiger partial charge in [-0.05, 0) is 35.4 Å². The number of thioether (sulfide) groups is 1. The first-order valence-electron chi connectivity index (χ1n) is 7.74. The van der Waals surface area contributed by atoms with E-state index in [1.54, 1.807) is 16.8 Å². The molecule has 1 aliphatic carbocycles. The molecular formula is C15H17F2N5OS. The van der Waals surface area contributed by atoms with Crippen LogP contribution in [0.4, 0.5) is 8.78 Å². The minimum atomic E-state index is -2.58. The molecule has 2 aromatic rings. The molecule has 9 heteroatoms. The molecule has 0 atom stereocenters. The standard InChI is InChI=1S/C15H17F2N5OS/c16-15(17)24-12-8-4-3-7-11(12)14(23)18-9-13-19-20-21-22(13)10-5-1-2-6-10/h3-4,7-8,10,15H,1-2,5-6,9H2,(H,18,23). The van der Waals surface area contributed by atoms with Crippen molar-refractivity contribution in [1.82, 2.24) is 25.5 Å². The fourth-order valence-corrected chi connectivity index (χ4v) is 3.51. The zero-order valence-corrected chi connectivity index (χ0v) is 13.7. The number of carbonyl (C=O) groups is 1. The van der Waals surface area contributed by atoms with Crippen LogP contribution in [-0.2, 0) is 6.54 Å². The molecule has 1 N–H and O–H groups in total. The van der Waals surface area contributed by atoms with E-state index in [0.29, 0.717) is 17.6 Å². The molecule has 0 bridgehead atoms. The van der Waals surface area contributed by atoms with Crippen LogP contribution < -0.4 is 5.32 Å². The smallest absolute Gasteiger partial charge is 0.288 e. The lowest BCUT2D eigenvalue weighted by Crippen LogP contribution is -2.26. The van der Waals surface area contributed by atoms with Crippen LogP contribution in [0.2, 0.25) is 0 Å². The number of rotatable bonds is 6. The normalized spacial score (nSPS) is 15.1. The molecule has 1 saturated carbocycles. The molecule has 1 fully saturated rings. The second-order valence-corrected chi connectivity index (χ2v) is 6.57. The van der Waals surface area contributed by atoms with E-state index in [9.17, 15) is 13.6 Å². The molecule has 0 aliphatic heterocycles. The van der Waals surface area contributed by atoms with Gasteiger partial charge in [-0.2, -0.15) is 8.78 Å². The Balaban J connectivity index is 1.67. The lowest BCUT2D eigenvalue weighted by molar-refractivity contribution is 0.0946. The van der Waals surface area contributed by atoms with Crippen molar-refractivity contribution < 1.29 is 13.6 Å². The third-order valence-electron chi connectivity index (χ3n) is 3.99. The van der Waals surface area contributed by atoms with E-state index in [-0.39, 0.29) is 23.0 Å². The van der Waals surface area contributed by atoms with E-state index in [1.807, 2.05) is 0 Å². The number of tetrazole rings is 1. The summed E-state index contributed by atoms with van der Waals surface area (Å²) >= 11 is 0.361. The Morgan fingerprint density at radius 1 is 1.33 bits per heavy atom. The van der Waals surface area contributed by atoms with Gasteiger partial charge >= 0.3 is 0 Å². The first-order chi connectivity index (χ1) is 11.6. The Morgan fingerprint density at radius 3 is 2.83 bits per heavy atom. The van der Waals surface area contributed by atoms with Gasteiger partial charge in [-0.3, -0.25) is 4.79 Å². The number of benzene rings is 1. The second-order valence-electron chi connectivity index (χ2n) is 5.54. The first-order valence-corrected chi connectivity index (χ1v) is 8.62. The number of halogens is 2. The summed E-state index contributed by atoms with van der Waals surface area (Å²) in [5, 5.41) is 14.4. The Morgan fingerprint density at radius 2 is 2.08 bits per heavy atom. The third-order valence-corrected chi connectivity index (χ3v) is 4.77. The Bertz CT molecular complexity index is 703. The van der Waals surface area contributed by atoms with Gasteiger partial charge in [-0.15, -0.1) is 5.10 Å². The van der Waals surface area contributed by atoms with Crippen LogP contribution in [0, 0.1) is 0 Å². The maximum Gasteiger partial charge on any atom is 0.288 e. The number of nitrogens with one attached hydrogen (secondary N) is 1. The van der Waals surface area contributed by atoms with Crippen molar-refractivity contribution in [1.29, 1.82) is 0 Å². The molecule has 0 spiro atoms. The summed E-state index contributed by atoms with van der Waals surface area (Å²) in [5.41, 5.74) is 0.225. The minimum absolute atomic E-state index is 0.163. The lowest BCUT2D eigenvalue weighted by atomic mass is 10.2. The van der Waals surface area contributed by atoms with E-state index in [4.69, 9.17) is 0 Å². The molecule has 1 aliphatic rings. The SMILES string of the molecule is O=C(NCc1nnnn1C1CCCC1)c1ccccc1SC(F)F. The minimum Gasteiger partial charge on any atom is -0.345 e. The molecule has 24 heavy (non-hydrogen) atoms. The highest BCUT2D eigenvalue weighted by Crippen LogP contribution is 2.30. The highest BCUT2D eigenvalue weighted by molar-refractivity contribution is 7.99. The predicted molar refractivity (Wildman–Crippen MR) is 84.8 cm³/mol. The number of amides is 1. The fraction of sp³-hybridized carbons (Fsp3) is 0.467. The summed E-state index contributed by atoms with van der Waals surface area (Å²) < 4.78 is 27.0. The van der Waals surface area contributed by atoms with Gasteiger partial charge in [0.05, 0.1) is 18.2 Å². The van der Waals surface area contributed by atoms with Crippen molar-refractivity contribution in [2.45, 2.75) is 48.9 Å². The monoisotopic (exact) mass is 353 g/mol. The predicted octanol–water partition coefficient (Wildman–Crippen LogP) is 3.03. The van der Waals surface area contributed by atoms with Crippen LogP contribution in [0.1, 0.15) is 47.9 Å². The molecule has 0 radical (unpaired) electrons. The van der Waals surface area contributed by atoms with Gasteiger partial charge in [0, 0.05) is 4.90 Å². The van der Waals surface area contributed by atoms with Crippen molar-refractivity contribution >= 4 is 17.7 Å². The topological polar surface area (TPSA) is 72.7 Å². The number of hydrogen-bond donors (Lipinski definition) is 1. The van der Waals surface area contributed by atoms with Crippen LogP contribution >= 0.6 is 11.8 Å². The number of aromatic nitrogens is 4. The summed E-state index contributed by atoms with van der Waals surface area (Å²) in [6.45, 7) is 0.163. The molecule has 0 unspecified atom stereocenters. The van der Waals surface area contributed by atoms with E-state index in [1.165, 1.54) is 12.1 Å². The fourth-order valence-electron chi connectivity index (χ4n) is 2.87. The average Bonchev–Trinajstić information content (AvgIpc) is 3.23. The summed E-state index contributed by atoms with van der Waals surface area (Å²) in [7, 11) is 0. The summed E-state index contributed by atoms with van der Waals surface area (Å²) in [4.78, 5) is 12.6. The Kier molecular flexibility index (Phi) is 5.39. The number of carbonyl (C=O) groups excluding carboxylic acids is 1. The van der Waals surface area contributed by atoms with E-state index in [2.05, 4.69) is 20.8 Å². The maximum absolute atomic E-state index is 12.6. The number of alkyl halides is 2. The largest absolute Gasteiger partial charge is 0.345 e. The molecule has 6 nitrogen and oxygen atoms in total. The van der Waals surface area contributed by atoms with Gasteiger partial charge in [0.2, 0.25) is 0 Å². The van der Waals surface area contributed by atoms with Crippen LogP contribution in [-0.4, -0.2) is 31.9 Å². The second kappa shape index (κ2) is 7.69. The molecule has 1 heterocycles. The molecule has 1 aromatic heterocycles. The van der Waals surface area contributed by atoms with Crippen molar-refractivity contribution in [3.8, 4) is 0 Å². The maximum atomic E-state index is 12.6. The van der Waals surface area contributed by atoms with E-state index < -0.39 is 11.7 Å². The molecule has 3 rings (SSSR count). The molecule has 1 amide bonds. The van der Waals surface area contributed by atoms with Gasteiger partial charge in [0.15, 0.2) is 5.82 Å². The van der Waals surface area contributed by atoms with E-state index >= 15 is 0 Å². The summed E-state index contributed by atoms with van der Waals surface area (Å²) in [6, 6.07) is 6.58. The van der Waals surface area contributed by atoms with Gasteiger partial charge < -0.3 is 5.32 Å². The van der Waals surface area contributed by atoms with Gasteiger partial charge in [-0.25, -0.2) is 4.68 Å². The van der Waals surface area contributed by atoms with Crippen molar-refractivity contribution in [2.24, 2.45) is 0 Å². The highest BCUT2D eigenvalue weighted by atomic mass is 32.2. The average molecular weight is 353 g/mol. The Hall–Kier alpha value is -2.03. The Labute approximate surface area is 142 Å². The van der Waals surface area contributed by atoms with Crippen LogP contribution in [0.25, 0.3) is 0 Å².